The van der Waals surface area contributed by atoms with E-state index in [1.807, 2.05) is 21.1 Å². The smallest absolute Gasteiger partial charge is 0.306 e. The highest BCUT2D eigenvalue weighted by Crippen LogP contribution is 2.38. The fraction of sp³-hybridized carbons (Fsp3) is 0.862. The fourth-order valence-corrected chi connectivity index (χ4v) is 8.88. The van der Waals surface area contributed by atoms with Crippen LogP contribution in [-0.2, 0) is 32.7 Å². The molecule has 68 heavy (non-hydrogen) atoms. The molecular weight excluding hydrogens is 870 g/mol. The third-order valence-corrected chi connectivity index (χ3v) is 13.6. The maximum absolute atomic E-state index is 12.8. The summed E-state index contributed by atoms with van der Waals surface area (Å²) in [7, 11) is 1.17. The lowest BCUT2D eigenvalue weighted by atomic mass is 10.0. The number of rotatable bonds is 53. The summed E-state index contributed by atoms with van der Waals surface area (Å²) >= 11 is 0. The normalized spacial score (nSPS) is 13.6. The molecule has 0 saturated heterocycles. The average molecular weight is 980 g/mol. The van der Waals surface area contributed by atoms with Gasteiger partial charge in [0.25, 0.3) is 7.82 Å². The number of likely N-dealkylation sites (N-methyl/N-ethyl adjacent to an activating group) is 1. The van der Waals surface area contributed by atoms with E-state index in [9.17, 15) is 19.0 Å². The first kappa shape index (κ1) is 66.2. The number of hydrogen-bond acceptors (Lipinski definition) is 8. The Labute approximate surface area is 421 Å². The highest BCUT2D eigenvalue weighted by atomic mass is 31.2. The summed E-state index contributed by atoms with van der Waals surface area (Å²) in [5.41, 5.74) is 0. The minimum Gasteiger partial charge on any atom is -0.756 e. The van der Waals surface area contributed by atoms with Crippen molar-refractivity contribution in [3.8, 4) is 0 Å². The van der Waals surface area contributed by atoms with Crippen molar-refractivity contribution >= 4 is 19.8 Å². The number of phosphoric acid groups is 1. The van der Waals surface area contributed by atoms with Crippen molar-refractivity contribution in [1.29, 1.82) is 0 Å². The first-order valence-corrected chi connectivity index (χ1v) is 30.2. The van der Waals surface area contributed by atoms with E-state index < -0.39 is 26.5 Å². The van der Waals surface area contributed by atoms with Gasteiger partial charge in [0.15, 0.2) is 6.10 Å². The quantitative estimate of drug-likeness (QED) is 0.0195. The van der Waals surface area contributed by atoms with E-state index in [1.165, 1.54) is 186 Å². The highest BCUT2D eigenvalue weighted by Gasteiger charge is 2.22. The molecule has 2 unspecified atom stereocenters. The molecule has 0 fully saturated rings. The van der Waals surface area contributed by atoms with Crippen LogP contribution < -0.4 is 4.89 Å². The predicted molar refractivity (Wildman–Crippen MR) is 287 cm³/mol. The van der Waals surface area contributed by atoms with Gasteiger partial charge < -0.3 is 27.9 Å². The number of esters is 2. The largest absolute Gasteiger partial charge is 0.756 e. The maximum Gasteiger partial charge on any atom is 0.306 e. The van der Waals surface area contributed by atoms with Crippen molar-refractivity contribution in [2.75, 3.05) is 47.5 Å². The van der Waals surface area contributed by atoms with Gasteiger partial charge >= 0.3 is 11.9 Å². The van der Waals surface area contributed by atoms with E-state index >= 15 is 0 Å². The molecule has 9 nitrogen and oxygen atoms in total. The van der Waals surface area contributed by atoms with Crippen molar-refractivity contribution in [2.45, 2.75) is 277 Å². The zero-order chi connectivity index (χ0) is 49.9. The Kier molecular flexibility index (Phi) is 48.9. The van der Waals surface area contributed by atoms with Crippen molar-refractivity contribution in [3.05, 3.63) is 36.5 Å². The van der Waals surface area contributed by atoms with Gasteiger partial charge in [-0.2, -0.15) is 0 Å². The molecular formula is C58H110NO8P. The summed E-state index contributed by atoms with van der Waals surface area (Å²) in [6, 6.07) is 0. The van der Waals surface area contributed by atoms with Crippen LogP contribution in [0.25, 0.3) is 0 Å². The van der Waals surface area contributed by atoms with E-state index in [-0.39, 0.29) is 32.0 Å². The number of carbonyl (C=O) groups is 2. The highest BCUT2D eigenvalue weighted by molar-refractivity contribution is 7.45. The molecule has 0 aromatic rings. The van der Waals surface area contributed by atoms with Gasteiger partial charge in [0.05, 0.1) is 27.7 Å². The van der Waals surface area contributed by atoms with Crippen LogP contribution in [0.15, 0.2) is 36.5 Å². The lowest BCUT2D eigenvalue weighted by molar-refractivity contribution is -0.870. The Bertz CT molecular complexity index is 1250. The first-order chi connectivity index (χ1) is 33.0. The Balaban J connectivity index is 4.11. The van der Waals surface area contributed by atoms with Crippen molar-refractivity contribution < 1.29 is 42.1 Å². The Morgan fingerprint density at radius 2 is 0.794 bits per heavy atom. The van der Waals surface area contributed by atoms with E-state index in [0.717, 1.165) is 51.4 Å². The summed E-state index contributed by atoms with van der Waals surface area (Å²) in [5, 5.41) is 0. The summed E-state index contributed by atoms with van der Waals surface area (Å²) in [6.07, 6.45) is 60.5. The van der Waals surface area contributed by atoms with Gasteiger partial charge in [-0.15, -0.1) is 0 Å². The molecule has 400 valence electrons. The third kappa shape index (κ3) is 53.6. The van der Waals surface area contributed by atoms with Crippen LogP contribution in [0.4, 0.5) is 0 Å². The molecule has 0 aromatic carbocycles. The molecule has 10 heteroatoms. The van der Waals surface area contributed by atoms with E-state index in [0.29, 0.717) is 17.4 Å². The van der Waals surface area contributed by atoms with E-state index in [1.54, 1.807) is 0 Å². The summed E-state index contributed by atoms with van der Waals surface area (Å²) < 4.78 is 34.1. The van der Waals surface area contributed by atoms with Gasteiger partial charge in [-0.05, 0) is 70.6 Å². The van der Waals surface area contributed by atoms with E-state index in [4.69, 9.17) is 18.5 Å². The summed E-state index contributed by atoms with van der Waals surface area (Å²) in [4.78, 5) is 37.8. The molecule has 2 atom stereocenters. The molecule has 0 N–H and O–H groups in total. The Morgan fingerprint density at radius 3 is 1.21 bits per heavy atom. The summed E-state index contributed by atoms with van der Waals surface area (Å²) in [6.45, 7) is 4.24. The van der Waals surface area contributed by atoms with Crippen LogP contribution in [0.2, 0.25) is 0 Å². The molecule has 0 aliphatic carbocycles. The molecule has 0 bridgehead atoms. The summed E-state index contributed by atoms with van der Waals surface area (Å²) in [5.74, 6) is -0.832. The molecule has 0 aliphatic rings. The monoisotopic (exact) mass is 980 g/mol. The average Bonchev–Trinajstić information content (AvgIpc) is 3.30. The lowest BCUT2D eigenvalue weighted by Crippen LogP contribution is -2.37. The van der Waals surface area contributed by atoms with Crippen LogP contribution in [0.3, 0.4) is 0 Å². The number of hydrogen-bond donors (Lipinski definition) is 0. The molecule has 0 spiro atoms. The molecule has 0 heterocycles. The Hall–Kier alpha value is -1.77. The van der Waals surface area contributed by atoms with Crippen molar-refractivity contribution in [2.24, 2.45) is 0 Å². The third-order valence-electron chi connectivity index (χ3n) is 12.6. The maximum atomic E-state index is 12.8. The molecule has 0 saturated carbocycles. The minimum absolute atomic E-state index is 0.0315. The van der Waals surface area contributed by atoms with Gasteiger partial charge in [0.1, 0.15) is 19.8 Å². The van der Waals surface area contributed by atoms with Crippen molar-refractivity contribution in [3.63, 3.8) is 0 Å². The molecule has 0 radical (unpaired) electrons. The predicted octanol–water partition coefficient (Wildman–Crippen LogP) is 17.0. The Morgan fingerprint density at radius 1 is 0.456 bits per heavy atom. The standard InChI is InChI=1S/C58H110NO8P/c1-6-8-10-12-14-16-18-20-22-24-25-26-27-28-29-30-31-32-33-35-36-38-40-42-44-46-48-50-57(60)64-54-56(55-66-68(62,63)65-53-52-59(3,4)5)67-58(61)51-49-47-45-43-41-39-37-34-23-21-19-17-15-13-11-9-7-2/h15,17,21,23-25,56H,6-14,16,18-20,22,26-55H2,1-5H3/b17-15-,23-21-,25-24-. The van der Waals surface area contributed by atoms with Gasteiger partial charge in [-0.25, -0.2) is 0 Å². The lowest BCUT2D eigenvalue weighted by Gasteiger charge is -2.28. The van der Waals surface area contributed by atoms with Crippen LogP contribution >= 0.6 is 7.82 Å². The number of allylic oxidation sites excluding steroid dienone is 6. The zero-order valence-corrected chi connectivity index (χ0v) is 46.2. The number of nitrogens with zero attached hydrogens (tertiary/aromatic N) is 1. The van der Waals surface area contributed by atoms with Crippen LogP contribution in [0.5, 0.6) is 0 Å². The second kappa shape index (κ2) is 50.2. The topological polar surface area (TPSA) is 111 Å². The van der Waals surface area contributed by atoms with Gasteiger partial charge in [-0.3, -0.25) is 14.2 Å². The second-order valence-electron chi connectivity index (χ2n) is 20.6. The SMILES string of the molecule is CCCCC/C=C\C/C=C\CCCCCCCCCC(=O)OC(COC(=O)CCCCCCCCCCCCCCCCC/C=C\CCCCCCCCCC)COP(=O)([O-])OCC[N+](C)(C)C. The molecule has 0 amide bonds. The van der Waals surface area contributed by atoms with Gasteiger partial charge in [0, 0.05) is 12.8 Å². The van der Waals surface area contributed by atoms with Crippen molar-refractivity contribution in [1.82, 2.24) is 0 Å². The fourth-order valence-electron chi connectivity index (χ4n) is 8.15. The van der Waals surface area contributed by atoms with E-state index in [2.05, 4.69) is 50.3 Å². The first-order valence-electron chi connectivity index (χ1n) is 28.7. The number of unbranched alkanes of at least 4 members (excludes halogenated alkanes) is 33. The minimum atomic E-state index is -4.63. The second-order valence-corrected chi connectivity index (χ2v) is 22.1. The molecule has 0 aliphatic heterocycles. The molecule has 0 aromatic heterocycles. The number of phosphoric ester groups is 1. The number of ether oxygens (including phenoxy) is 2. The zero-order valence-electron chi connectivity index (χ0n) is 45.3. The number of quaternary nitrogens is 1. The van der Waals surface area contributed by atoms with Gasteiger partial charge in [0.2, 0.25) is 0 Å². The van der Waals surface area contributed by atoms with Crippen LogP contribution in [0.1, 0.15) is 271 Å². The van der Waals surface area contributed by atoms with Crippen LogP contribution in [-0.4, -0.2) is 70.0 Å². The van der Waals surface area contributed by atoms with Crippen LogP contribution in [0, 0.1) is 0 Å². The van der Waals surface area contributed by atoms with Gasteiger partial charge in [-0.1, -0.05) is 224 Å². The number of carbonyl (C=O) groups excluding carboxylic acids is 2. The molecule has 0 rings (SSSR count).